The van der Waals surface area contributed by atoms with Crippen LogP contribution in [0.15, 0.2) is 54.7 Å². The molecule has 3 rings (SSSR count). The van der Waals surface area contributed by atoms with E-state index in [2.05, 4.69) is 46.4 Å². The lowest BCUT2D eigenvalue weighted by atomic mass is 9.96. The van der Waals surface area contributed by atoms with Gasteiger partial charge in [0.15, 0.2) is 0 Å². The first kappa shape index (κ1) is 17.4. The number of likely N-dealkylation sites (tertiary alicyclic amines) is 1. The first-order valence-corrected chi connectivity index (χ1v) is 8.86. The minimum absolute atomic E-state index is 0.0904. The second-order valence-electron chi connectivity index (χ2n) is 6.74. The Hall–Kier alpha value is -2.40. The number of piperidine rings is 1. The van der Waals surface area contributed by atoms with Crippen LogP contribution < -0.4 is 5.32 Å². The van der Waals surface area contributed by atoms with Gasteiger partial charge in [0.1, 0.15) is 5.82 Å². The molecule has 0 bridgehead atoms. The highest BCUT2D eigenvalue weighted by Gasteiger charge is 2.29. The number of rotatable bonds is 4. The first-order valence-electron chi connectivity index (χ1n) is 8.86. The lowest BCUT2D eigenvalue weighted by Crippen LogP contribution is -2.50. The number of benzene rings is 1. The van der Waals surface area contributed by atoms with Gasteiger partial charge in [-0.25, -0.2) is 9.78 Å². The van der Waals surface area contributed by atoms with Crippen molar-refractivity contribution in [1.82, 2.24) is 14.8 Å². The summed E-state index contributed by atoms with van der Waals surface area (Å²) < 4.78 is 0. The standard InChI is InChI=1S/C20H26N4O/c1-16-14-18(11-13-24(16)15-17-8-4-3-5-9-17)23(2)20(25)22-19-10-6-7-12-21-19/h3-10,12,16,18H,11,13-15H2,1-2H3,(H,21,22,25). The molecule has 0 radical (unpaired) electrons. The Morgan fingerprint density at radius 3 is 2.68 bits per heavy atom. The van der Waals surface area contributed by atoms with Gasteiger partial charge in [0.05, 0.1) is 0 Å². The van der Waals surface area contributed by atoms with Crippen molar-refractivity contribution in [3.8, 4) is 0 Å². The SMILES string of the molecule is CC1CC(N(C)C(=O)Nc2ccccn2)CCN1Cc1ccccc1. The first-order chi connectivity index (χ1) is 12.1. The van der Waals surface area contributed by atoms with Gasteiger partial charge in [0.25, 0.3) is 0 Å². The summed E-state index contributed by atoms with van der Waals surface area (Å²) in [4.78, 5) is 20.9. The predicted octanol–water partition coefficient (Wildman–Crippen LogP) is 3.60. The molecule has 0 saturated carbocycles. The van der Waals surface area contributed by atoms with Crippen LogP contribution in [0.5, 0.6) is 0 Å². The Morgan fingerprint density at radius 1 is 1.24 bits per heavy atom. The van der Waals surface area contributed by atoms with Crippen molar-refractivity contribution in [2.45, 2.75) is 38.4 Å². The van der Waals surface area contributed by atoms with Crippen LogP contribution >= 0.6 is 0 Å². The summed E-state index contributed by atoms with van der Waals surface area (Å²) in [7, 11) is 1.88. The van der Waals surface area contributed by atoms with E-state index in [1.165, 1.54) is 5.56 Å². The van der Waals surface area contributed by atoms with E-state index in [1.807, 2.05) is 30.1 Å². The van der Waals surface area contributed by atoms with Crippen LogP contribution in [0.3, 0.4) is 0 Å². The van der Waals surface area contributed by atoms with E-state index in [0.29, 0.717) is 11.9 Å². The van der Waals surface area contributed by atoms with Gasteiger partial charge in [-0.2, -0.15) is 0 Å². The molecule has 1 aromatic carbocycles. The number of hydrogen-bond donors (Lipinski definition) is 1. The fraction of sp³-hybridized carbons (Fsp3) is 0.400. The summed E-state index contributed by atoms with van der Waals surface area (Å²) >= 11 is 0. The second kappa shape index (κ2) is 8.12. The zero-order valence-corrected chi connectivity index (χ0v) is 14.9. The van der Waals surface area contributed by atoms with E-state index >= 15 is 0 Å². The summed E-state index contributed by atoms with van der Waals surface area (Å²) in [6, 6.07) is 16.7. The zero-order valence-electron chi connectivity index (χ0n) is 14.9. The van der Waals surface area contributed by atoms with Gasteiger partial charge < -0.3 is 4.90 Å². The molecule has 5 heteroatoms. The number of carbonyl (C=O) groups excluding carboxylic acids is 1. The predicted molar refractivity (Wildman–Crippen MR) is 100 cm³/mol. The number of nitrogens with one attached hydrogen (secondary N) is 1. The Bertz CT molecular complexity index is 677. The molecule has 2 amide bonds. The summed E-state index contributed by atoms with van der Waals surface area (Å²) in [5.74, 6) is 0.592. The van der Waals surface area contributed by atoms with Crippen molar-refractivity contribution in [3.05, 3.63) is 60.3 Å². The number of nitrogens with zero attached hydrogens (tertiary/aromatic N) is 3. The van der Waals surface area contributed by atoms with Crippen molar-refractivity contribution >= 4 is 11.8 Å². The maximum absolute atomic E-state index is 12.5. The van der Waals surface area contributed by atoms with Crippen LogP contribution in [0.1, 0.15) is 25.3 Å². The monoisotopic (exact) mass is 338 g/mol. The minimum Gasteiger partial charge on any atom is -0.324 e. The van der Waals surface area contributed by atoms with Crippen molar-refractivity contribution in [3.63, 3.8) is 0 Å². The third-order valence-electron chi connectivity index (χ3n) is 4.98. The van der Waals surface area contributed by atoms with E-state index < -0.39 is 0 Å². The molecule has 2 atom stereocenters. The molecule has 1 N–H and O–H groups in total. The number of hydrogen-bond acceptors (Lipinski definition) is 3. The normalized spacial score (nSPS) is 20.9. The highest BCUT2D eigenvalue weighted by atomic mass is 16.2. The number of carbonyl (C=O) groups is 1. The van der Waals surface area contributed by atoms with Gasteiger partial charge in [-0.05, 0) is 37.5 Å². The average Bonchev–Trinajstić information content (AvgIpc) is 2.64. The van der Waals surface area contributed by atoms with E-state index in [9.17, 15) is 4.79 Å². The van der Waals surface area contributed by atoms with E-state index in [-0.39, 0.29) is 12.1 Å². The summed E-state index contributed by atoms with van der Waals surface area (Å²) in [6.45, 7) is 4.22. The fourth-order valence-electron chi connectivity index (χ4n) is 3.40. The molecule has 5 nitrogen and oxygen atoms in total. The quantitative estimate of drug-likeness (QED) is 0.927. The van der Waals surface area contributed by atoms with Crippen LogP contribution in [-0.2, 0) is 6.54 Å². The lowest BCUT2D eigenvalue weighted by molar-refractivity contribution is 0.0942. The van der Waals surface area contributed by atoms with Gasteiger partial charge >= 0.3 is 6.03 Å². The number of aromatic nitrogens is 1. The van der Waals surface area contributed by atoms with Gasteiger partial charge in [-0.15, -0.1) is 0 Å². The third kappa shape index (κ3) is 4.57. The summed E-state index contributed by atoms with van der Waals surface area (Å²) in [5, 5.41) is 2.87. The minimum atomic E-state index is -0.0904. The van der Waals surface area contributed by atoms with Gasteiger partial charge in [0.2, 0.25) is 0 Å². The molecule has 1 aromatic heterocycles. The van der Waals surface area contributed by atoms with Gasteiger partial charge in [-0.1, -0.05) is 36.4 Å². The largest absolute Gasteiger partial charge is 0.324 e. The molecule has 132 valence electrons. The molecule has 25 heavy (non-hydrogen) atoms. The molecule has 0 aliphatic carbocycles. The molecular weight excluding hydrogens is 312 g/mol. The Labute approximate surface area is 149 Å². The maximum Gasteiger partial charge on any atom is 0.323 e. The van der Waals surface area contributed by atoms with Crippen LogP contribution in [0, 0.1) is 0 Å². The number of pyridine rings is 1. The third-order valence-corrected chi connectivity index (χ3v) is 4.98. The van der Waals surface area contributed by atoms with Crippen molar-refractivity contribution in [2.75, 3.05) is 18.9 Å². The number of anilines is 1. The van der Waals surface area contributed by atoms with Crippen LogP contribution in [0.25, 0.3) is 0 Å². The molecule has 1 fully saturated rings. The molecule has 0 spiro atoms. The number of amides is 2. The van der Waals surface area contributed by atoms with Crippen LogP contribution in [0.4, 0.5) is 10.6 Å². The maximum atomic E-state index is 12.5. The second-order valence-corrected chi connectivity index (χ2v) is 6.74. The van der Waals surface area contributed by atoms with E-state index in [1.54, 1.807) is 12.3 Å². The Morgan fingerprint density at radius 2 is 2.00 bits per heavy atom. The molecule has 1 aliphatic heterocycles. The van der Waals surface area contributed by atoms with Crippen LogP contribution in [-0.4, -0.2) is 46.5 Å². The molecule has 2 heterocycles. The summed E-state index contributed by atoms with van der Waals surface area (Å²) in [5.41, 5.74) is 1.34. The number of urea groups is 1. The fourth-order valence-corrected chi connectivity index (χ4v) is 3.40. The van der Waals surface area contributed by atoms with Gasteiger partial charge in [-0.3, -0.25) is 10.2 Å². The molecule has 1 aliphatic rings. The van der Waals surface area contributed by atoms with Crippen LogP contribution in [0.2, 0.25) is 0 Å². The average molecular weight is 338 g/mol. The van der Waals surface area contributed by atoms with Gasteiger partial charge in [0, 0.05) is 38.4 Å². The smallest absolute Gasteiger partial charge is 0.323 e. The Balaban J connectivity index is 1.54. The molecule has 2 unspecified atom stereocenters. The van der Waals surface area contributed by atoms with Crippen molar-refractivity contribution < 1.29 is 4.79 Å². The molecule has 2 aromatic rings. The highest BCUT2D eigenvalue weighted by molar-refractivity contribution is 5.88. The zero-order chi connectivity index (χ0) is 17.6. The topological polar surface area (TPSA) is 48.5 Å². The lowest BCUT2D eigenvalue weighted by Gasteiger charge is -2.41. The van der Waals surface area contributed by atoms with E-state index in [4.69, 9.17) is 0 Å². The Kier molecular flexibility index (Phi) is 5.66. The molecule has 1 saturated heterocycles. The summed E-state index contributed by atoms with van der Waals surface area (Å²) in [6.07, 6.45) is 3.65. The van der Waals surface area contributed by atoms with E-state index in [0.717, 1.165) is 25.9 Å². The van der Waals surface area contributed by atoms with Crippen molar-refractivity contribution in [1.29, 1.82) is 0 Å². The highest BCUT2D eigenvalue weighted by Crippen LogP contribution is 2.23. The molecular formula is C20H26N4O. The van der Waals surface area contributed by atoms with Crippen molar-refractivity contribution in [2.24, 2.45) is 0 Å².